The Morgan fingerprint density at radius 1 is 1.31 bits per heavy atom. The van der Waals surface area contributed by atoms with Crippen molar-refractivity contribution in [2.45, 2.75) is 44.1 Å². The van der Waals surface area contributed by atoms with Gasteiger partial charge in [-0.05, 0) is 38.0 Å². The average Bonchev–Trinajstić information content (AvgIpc) is 2.25. The van der Waals surface area contributed by atoms with Crippen LogP contribution < -0.4 is 0 Å². The lowest BCUT2D eigenvalue weighted by Gasteiger charge is -2.55. The van der Waals surface area contributed by atoms with Crippen LogP contribution in [0, 0.1) is 29.1 Å². The van der Waals surface area contributed by atoms with Crippen LogP contribution in [0.5, 0.6) is 0 Å². The van der Waals surface area contributed by atoms with E-state index in [0.29, 0.717) is 24.7 Å². The lowest BCUT2D eigenvalue weighted by atomic mass is 9.53. The summed E-state index contributed by atoms with van der Waals surface area (Å²) in [4.78, 5) is 11.9. The van der Waals surface area contributed by atoms with Gasteiger partial charge in [0.25, 0.3) is 0 Å². The van der Waals surface area contributed by atoms with Crippen LogP contribution in [-0.2, 0) is 9.53 Å². The highest BCUT2D eigenvalue weighted by atomic mass is 16.5. The van der Waals surface area contributed by atoms with Crippen LogP contribution in [0.3, 0.4) is 0 Å². The quantitative estimate of drug-likeness (QED) is 0.683. The molecule has 4 saturated carbocycles. The number of rotatable bonds is 3. The van der Waals surface area contributed by atoms with E-state index in [1.807, 2.05) is 0 Å². The van der Waals surface area contributed by atoms with Crippen LogP contribution in [0.2, 0.25) is 0 Å². The number of ether oxygens (including phenoxy) is 1. The average molecular weight is 219 g/mol. The molecular formula is C13H17NO2. The number of carbonyl (C=O) groups excluding carboxylic acids is 1. The lowest BCUT2D eigenvalue weighted by molar-refractivity contribution is -0.175. The summed E-state index contributed by atoms with van der Waals surface area (Å²) in [7, 11) is 0. The highest BCUT2D eigenvalue weighted by molar-refractivity contribution is 5.85. The van der Waals surface area contributed by atoms with Crippen molar-refractivity contribution >= 4 is 5.78 Å². The Hall–Kier alpha value is -0.880. The van der Waals surface area contributed by atoms with Crippen LogP contribution in [0.4, 0.5) is 0 Å². The Bertz CT molecular complexity index is 339. The number of nitrogens with zero attached hydrogens (tertiary/aromatic N) is 1. The van der Waals surface area contributed by atoms with Crippen LogP contribution in [0.25, 0.3) is 0 Å². The molecule has 0 aromatic carbocycles. The molecule has 4 fully saturated rings. The van der Waals surface area contributed by atoms with Gasteiger partial charge in [-0.3, -0.25) is 4.79 Å². The molecule has 0 amide bonds. The standard InChI is InChI=1S/C13H17NO2/c14-2-1-3-16-13-6-9-4-10(7-13)12(15)11(5-9)8-13/h9-11H,1,3-8H2. The fraction of sp³-hybridized carbons (Fsp3) is 0.846. The Kier molecular flexibility index (Phi) is 2.29. The predicted molar refractivity (Wildman–Crippen MR) is 57.5 cm³/mol. The topological polar surface area (TPSA) is 50.1 Å². The minimum atomic E-state index is -0.0404. The summed E-state index contributed by atoms with van der Waals surface area (Å²) >= 11 is 0. The van der Waals surface area contributed by atoms with Crippen LogP contribution in [-0.4, -0.2) is 18.0 Å². The Morgan fingerprint density at radius 2 is 2.00 bits per heavy atom. The largest absolute Gasteiger partial charge is 0.374 e. The molecule has 0 radical (unpaired) electrons. The zero-order chi connectivity index (χ0) is 11.2. The third kappa shape index (κ3) is 1.48. The minimum absolute atomic E-state index is 0.0404. The van der Waals surface area contributed by atoms with E-state index in [4.69, 9.17) is 10.00 Å². The monoisotopic (exact) mass is 219 g/mol. The van der Waals surface area contributed by atoms with Gasteiger partial charge in [0.1, 0.15) is 5.78 Å². The van der Waals surface area contributed by atoms with Crippen molar-refractivity contribution in [3.05, 3.63) is 0 Å². The van der Waals surface area contributed by atoms with Crippen molar-refractivity contribution in [2.24, 2.45) is 17.8 Å². The summed E-state index contributed by atoms with van der Waals surface area (Å²) < 4.78 is 5.96. The fourth-order valence-electron chi connectivity index (χ4n) is 4.17. The summed E-state index contributed by atoms with van der Waals surface area (Å²) in [6.45, 7) is 0.539. The summed E-state index contributed by atoms with van der Waals surface area (Å²) in [5.41, 5.74) is -0.0404. The SMILES string of the molecule is N#CCCOC12CC3CC(C1)C(=O)C(C3)C2. The maximum Gasteiger partial charge on any atom is 0.139 e. The van der Waals surface area contributed by atoms with Gasteiger partial charge in [0.05, 0.1) is 24.7 Å². The molecule has 0 aromatic rings. The Labute approximate surface area is 95.8 Å². The first-order chi connectivity index (χ1) is 7.72. The summed E-state index contributed by atoms with van der Waals surface area (Å²) in [6.07, 6.45) is 5.63. The molecule has 4 aliphatic rings. The van der Waals surface area contributed by atoms with E-state index in [1.54, 1.807) is 0 Å². The van der Waals surface area contributed by atoms with Crippen molar-refractivity contribution in [1.82, 2.24) is 0 Å². The van der Waals surface area contributed by atoms with E-state index < -0.39 is 0 Å². The molecule has 4 rings (SSSR count). The number of nitriles is 1. The molecule has 0 aliphatic heterocycles. The van der Waals surface area contributed by atoms with Crippen LogP contribution in [0.1, 0.15) is 38.5 Å². The third-order valence-corrected chi connectivity index (χ3v) is 4.56. The van der Waals surface area contributed by atoms with E-state index >= 15 is 0 Å². The van der Waals surface area contributed by atoms with Gasteiger partial charge in [-0.1, -0.05) is 0 Å². The number of carbonyl (C=O) groups is 1. The molecule has 4 aliphatic carbocycles. The van der Waals surface area contributed by atoms with Gasteiger partial charge < -0.3 is 4.74 Å². The second kappa shape index (κ2) is 3.56. The van der Waals surface area contributed by atoms with E-state index in [1.165, 1.54) is 0 Å². The van der Waals surface area contributed by atoms with E-state index in [2.05, 4.69) is 6.07 Å². The summed E-state index contributed by atoms with van der Waals surface area (Å²) in [5.74, 6) is 1.74. The van der Waals surface area contributed by atoms with Crippen molar-refractivity contribution in [1.29, 1.82) is 5.26 Å². The van der Waals surface area contributed by atoms with Gasteiger partial charge in [-0.2, -0.15) is 5.26 Å². The minimum Gasteiger partial charge on any atom is -0.374 e. The lowest BCUT2D eigenvalue weighted by Crippen LogP contribution is -2.56. The molecule has 0 spiro atoms. The molecule has 0 aromatic heterocycles. The van der Waals surface area contributed by atoms with Gasteiger partial charge in [0.15, 0.2) is 0 Å². The summed E-state index contributed by atoms with van der Waals surface area (Å²) in [6, 6.07) is 2.12. The van der Waals surface area contributed by atoms with Gasteiger partial charge in [0, 0.05) is 11.8 Å². The van der Waals surface area contributed by atoms with Gasteiger partial charge >= 0.3 is 0 Å². The highest BCUT2D eigenvalue weighted by Gasteiger charge is 2.55. The second-order valence-electron chi connectivity index (χ2n) is 5.69. The Balaban J connectivity index is 1.73. The molecule has 4 bridgehead atoms. The van der Waals surface area contributed by atoms with Gasteiger partial charge in [-0.15, -0.1) is 0 Å². The van der Waals surface area contributed by atoms with Crippen molar-refractivity contribution in [3.63, 3.8) is 0 Å². The first kappa shape index (κ1) is 10.3. The van der Waals surface area contributed by atoms with E-state index in [0.717, 1.165) is 32.1 Å². The van der Waals surface area contributed by atoms with Gasteiger partial charge in [0.2, 0.25) is 0 Å². The number of hydrogen-bond donors (Lipinski definition) is 0. The first-order valence-electron chi connectivity index (χ1n) is 6.27. The second-order valence-corrected chi connectivity index (χ2v) is 5.69. The van der Waals surface area contributed by atoms with E-state index in [-0.39, 0.29) is 17.4 Å². The Morgan fingerprint density at radius 3 is 2.62 bits per heavy atom. The molecule has 0 saturated heterocycles. The molecular weight excluding hydrogens is 202 g/mol. The van der Waals surface area contributed by atoms with Crippen molar-refractivity contribution < 1.29 is 9.53 Å². The fourth-order valence-corrected chi connectivity index (χ4v) is 4.17. The zero-order valence-corrected chi connectivity index (χ0v) is 9.45. The molecule has 3 heteroatoms. The maximum absolute atomic E-state index is 11.9. The van der Waals surface area contributed by atoms with Crippen molar-refractivity contribution in [3.8, 4) is 6.07 Å². The van der Waals surface area contributed by atoms with E-state index in [9.17, 15) is 4.79 Å². The number of ketones is 1. The normalized spacial score (nSPS) is 44.7. The van der Waals surface area contributed by atoms with Gasteiger partial charge in [-0.25, -0.2) is 0 Å². The number of hydrogen-bond acceptors (Lipinski definition) is 3. The molecule has 16 heavy (non-hydrogen) atoms. The third-order valence-electron chi connectivity index (χ3n) is 4.56. The predicted octanol–water partition coefficient (Wildman–Crippen LogP) is 2.06. The molecule has 0 heterocycles. The highest BCUT2D eigenvalue weighted by Crippen LogP contribution is 2.55. The molecule has 86 valence electrons. The van der Waals surface area contributed by atoms with Crippen LogP contribution in [0.15, 0.2) is 0 Å². The molecule has 3 nitrogen and oxygen atoms in total. The van der Waals surface area contributed by atoms with Crippen LogP contribution >= 0.6 is 0 Å². The molecule has 2 unspecified atom stereocenters. The summed E-state index contributed by atoms with van der Waals surface area (Å²) in [5, 5.41) is 8.54. The smallest absolute Gasteiger partial charge is 0.139 e. The van der Waals surface area contributed by atoms with Crippen molar-refractivity contribution in [2.75, 3.05) is 6.61 Å². The maximum atomic E-state index is 11.9. The first-order valence-corrected chi connectivity index (χ1v) is 6.27. The zero-order valence-electron chi connectivity index (χ0n) is 9.45. The molecule has 0 N–H and O–H groups in total. The number of Topliss-reactive ketones (excluding diaryl/α,β-unsaturated/α-hetero) is 1. The molecule has 2 atom stereocenters.